The van der Waals surface area contributed by atoms with Gasteiger partial charge in [0.1, 0.15) is 0 Å². The van der Waals surface area contributed by atoms with Crippen LogP contribution < -0.4 is 0 Å². The van der Waals surface area contributed by atoms with Crippen LogP contribution in [0, 0.1) is 0 Å². The molecule has 0 aliphatic heterocycles. The number of hydrogen-bond donors (Lipinski definition) is 2. The molecule has 1 heterocycles. The van der Waals surface area contributed by atoms with Gasteiger partial charge in [0.05, 0.1) is 4.88 Å². The number of thiophene rings is 1. The average molecular weight is 297 g/mol. The van der Waals surface area contributed by atoms with E-state index in [1.807, 2.05) is 0 Å². The van der Waals surface area contributed by atoms with Gasteiger partial charge in [0, 0.05) is 31.2 Å². The van der Waals surface area contributed by atoms with Gasteiger partial charge in [-0.05, 0) is 37.5 Å². The van der Waals surface area contributed by atoms with Crippen LogP contribution in [-0.4, -0.2) is 47.2 Å². The number of carbonyl (C=O) groups is 2. The maximum atomic E-state index is 12.1. The first-order valence-electron chi connectivity index (χ1n) is 6.41. The Bertz CT molecular complexity index is 481. The fourth-order valence-electron chi connectivity index (χ4n) is 1.64. The Balaban J connectivity index is 2.52. The van der Waals surface area contributed by atoms with Crippen LogP contribution in [0.15, 0.2) is 18.2 Å². The number of aliphatic hydroxyl groups excluding tert-OH is 1. The van der Waals surface area contributed by atoms with E-state index in [1.165, 1.54) is 17.4 Å². The average Bonchev–Trinajstić information content (AvgIpc) is 2.89. The molecule has 0 atom stereocenters. The highest BCUT2D eigenvalue weighted by Gasteiger charge is 2.13. The van der Waals surface area contributed by atoms with Gasteiger partial charge >= 0.3 is 5.97 Å². The molecule has 0 radical (unpaired) electrons. The van der Waals surface area contributed by atoms with Crippen LogP contribution in [0.4, 0.5) is 0 Å². The van der Waals surface area contributed by atoms with E-state index in [1.54, 1.807) is 24.1 Å². The Hall–Kier alpha value is -1.66. The van der Waals surface area contributed by atoms with Crippen molar-refractivity contribution in [3.8, 4) is 0 Å². The third-order valence-electron chi connectivity index (χ3n) is 2.73. The molecule has 0 bridgehead atoms. The van der Waals surface area contributed by atoms with E-state index < -0.39 is 5.97 Å². The van der Waals surface area contributed by atoms with Crippen molar-refractivity contribution in [3.05, 3.63) is 28.0 Å². The molecule has 0 unspecified atom stereocenters. The van der Waals surface area contributed by atoms with E-state index in [-0.39, 0.29) is 12.5 Å². The Morgan fingerprint density at radius 1 is 1.30 bits per heavy atom. The molecule has 0 saturated carbocycles. The van der Waals surface area contributed by atoms with E-state index in [0.29, 0.717) is 11.4 Å². The minimum Gasteiger partial charge on any atom is -0.478 e. The number of amides is 1. The second-order valence-corrected chi connectivity index (χ2v) is 5.50. The highest BCUT2D eigenvalue weighted by molar-refractivity contribution is 7.14. The van der Waals surface area contributed by atoms with Crippen molar-refractivity contribution in [2.75, 3.05) is 20.2 Å². The zero-order valence-electron chi connectivity index (χ0n) is 11.4. The SMILES string of the molecule is CN(CCCCCO)C(=O)c1ccc(/C=C/C(=O)O)s1. The second kappa shape index (κ2) is 8.50. The number of rotatable bonds is 8. The summed E-state index contributed by atoms with van der Waals surface area (Å²) in [6.07, 6.45) is 5.04. The van der Waals surface area contributed by atoms with E-state index in [4.69, 9.17) is 10.2 Å². The van der Waals surface area contributed by atoms with E-state index in [9.17, 15) is 9.59 Å². The van der Waals surface area contributed by atoms with E-state index in [0.717, 1.165) is 30.2 Å². The van der Waals surface area contributed by atoms with Gasteiger partial charge in [-0.25, -0.2) is 4.79 Å². The number of carboxylic acid groups (broad SMARTS) is 1. The minimum atomic E-state index is -1.01. The minimum absolute atomic E-state index is 0.0611. The van der Waals surface area contributed by atoms with Crippen molar-refractivity contribution < 1.29 is 19.8 Å². The summed E-state index contributed by atoms with van der Waals surface area (Å²) in [7, 11) is 1.74. The molecule has 1 rings (SSSR count). The summed E-state index contributed by atoms with van der Waals surface area (Å²) in [5, 5.41) is 17.2. The maximum Gasteiger partial charge on any atom is 0.328 e. The van der Waals surface area contributed by atoms with Crippen molar-refractivity contribution in [2.24, 2.45) is 0 Å². The number of nitrogens with zero attached hydrogens (tertiary/aromatic N) is 1. The Morgan fingerprint density at radius 3 is 2.70 bits per heavy atom. The Kier molecular flexibility index (Phi) is 6.97. The predicted molar refractivity (Wildman–Crippen MR) is 78.9 cm³/mol. The normalized spacial score (nSPS) is 10.9. The molecular weight excluding hydrogens is 278 g/mol. The molecule has 0 aromatic carbocycles. The molecule has 110 valence electrons. The fraction of sp³-hybridized carbons (Fsp3) is 0.429. The number of aliphatic hydroxyl groups is 1. The zero-order chi connectivity index (χ0) is 15.0. The van der Waals surface area contributed by atoms with E-state index >= 15 is 0 Å². The lowest BCUT2D eigenvalue weighted by Crippen LogP contribution is -2.27. The highest BCUT2D eigenvalue weighted by Crippen LogP contribution is 2.19. The standard InChI is InChI=1S/C14H19NO4S/c1-15(9-3-2-4-10-16)14(19)12-7-5-11(20-12)6-8-13(17)18/h5-8,16H,2-4,9-10H2,1H3,(H,17,18)/b8-6+. The molecule has 5 nitrogen and oxygen atoms in total. The third-order valence-corrected chi connectivity index (χ3v) is 3.76. The fourth-order valence-corrected chi connectivity index (χ4v) is 2.54. The highest BCUT2D eigenvalue weighted by atomic mass is 32.1. The monoisotopic (exact) mass is 297 g/mol. The molecule has 0 spiro atoms. The lowest BCUT2D eigenvalue weighted by atomic mass is 10.2. The van der Waals surface area contributed by atoms with Crippen molar-refractivity contribution in [1.29, 1.82) is 0 Å². The van der Waals surface area contributed by atoms with Gasteiger partial charge in [-0.2, -0.15) is 0 Å². The Labute approximate surface area is 122 Å². The summed E-state index contributed by atoms with van der Waals surface area (Å²) in [5.41, 5.74) is 0. The number of unbranched alkanes of at least 4 members (excludes halogenated alkanes) is 2. The van der Waals surface area contributed by atoms with Gasteiger partial charge in [-0.3, -0.25) is 4.79 Å². The van der Waals surface area contributed by atoms with E-state index in [2.05, 4.69) is 0 Å². The van der Waals surface area contributed by atoms with Crippen LogP contribution in [0.3, 0.4) is 0 Å². The van der Waals surface area contributed by atoms with Crippen molar-refractivity contribution in [1.82, 2.24) is 4.90 Å². The Morgan fingerprint density at radius 2 is 2.05 bits per heavy atom. The molecule has 1 aromatic heterocycles. The smallest absolute Gasteiger partial charge is 0.328 e. The summed E-state index contributed by atoms with van der Waals surface area (Å²) >= 11 is 1.27. The first kappa shape index (κ1) is 16.4. The van der Waals surface area contributed by atoms with Crippen LogP contribution >= 0.6 is 11.3 Å². The lowest BCUT2D eigenvalue weighted by molar-refractivity contribution is -0.131. The van der Waals surface area contributed by atoms with Crippen molar-refractivity contribution in [2.45, 2.75) is 19.3 Å². The van der Waals surface area contributed by atoms with Crippen molar-refractivity contribution in [3.63, 3.8) is 0 Å². The quantitative estimate of drug-likeness (QED) is 0.569. The summed E-state index contributed by atoms with van der Waals surface area (Å²) in [5.74, 6) is -1.07. The molecule has 20 heavy (non-hydrogen) atoms. The number of hydrogen-bond acceptors (Lipinski definition) is 4. The number of carbonyl (C=O) groups excluding carboxylic acids is 1. The largest absolute Gasteiger partial charge is 0.478 e. The second-order valence-electron chi connectivity index (χ2n) is 4.38. The van der Waals surface area contributed by atoms with Crippen molar-refractivity contribution >= 4 is 29.3 Å². The summed E-state index contributed by atoms with van der Waals surface area (Å²) < 4.78 is 0. The molecule has 1 aromatic rings. The molecule has 2 N–H and O–H groups in total. The molecule has 0 fully saturated rings. The van der Waals surface area contributed by atoms with Gasteiger partial charge in [0.2, 0.25) is 0 Å². The summed E-state index contributed by atoms with van der Waals surface area (Å²) in [6, 6.07) is 3.44. The molecule has 0 saturated heterocycles. The zero-order valence-corrected chi connectivity index (χ0v) is 12.2. The molecular formula is C14H19NO4S. The first-order chi connectivity index (χ1) is 9.54. The molecule has 1 amide bonds. The summed E-state index contributed by atoms with van der Waals surface area (Å²) in [4.78, 5) is 25.5. The van der Waals surface area contributed by atoms with Crippen LogP contribution in [0.2, 0.25) is 0 Å². The summed E-state index contributed by atoms with van der Waals surface area (Å²) in [6.45, 7) is 0.832. The van der Waals surface area contributed by atoms with Gasteiger partial charge in [-0.1, -0.05) is 0 Å². The molecule has 6 heteroatoms. The maximum absolute atomic E-state index is 12.1. The topological polar surface area (TPSA) is 77.8 Å². The van der Waals surface area contributed by atoms with Gasteiger partial charge < -0.3 is 15.1 Å². The van der Waals surface area contributed by atoms with Crippen LogP contribution in [-0.2, 0) is 4.79 Å². The lowest BCUT2D eigenvalue weighted by Gasteiger charge is -2.15. The van der Waals surface area contributed by atoms with Crippen LogP contribution in [0.1, 0.15) is 33.8 Å². The van der Waals surface area contributed by atoms with Crippen LogP contribution in [0.25, 0.3) is 6.08 Å². The number of carboxylic acids is 1. The van der Waals surface area contributed by atoms with Crippen LogP contribution in [0.5, 0.6) is 0 Å². The first-order valence-corrected chi connectivity index (χ1v) is 7.23. The van der Waals surface area contributed by atoms with Gasteiger partial charge in [0.25, 0.3) is 5.91 Å². The molecule has 0 aliphatic rings. The van der Waals surface area contributed by atoms with Gasteiger partial charge in [0.15, 0.2) is 0 Å². The van der Waals surface area contributed by atoms with Gasteiger partial charge in [-0.15, -0.1) is 11.3 Å². The number of aliphatic carboxylic acids is 1. The molecule has 0 aliphatic carbocycles. The predicted octanol–water partition coefficient (Wildman–Crippen LogP) is 2.08. The third kappa shape index (κ3) is 5.54.